The molecule has 0 aliphatic carbocycles. The molecule has 0 bridgehead atoms. The van der Waals surface area contributed by atoms with Crippen molar-refractivity contribution in [3.05, 3.63) is 56.4 Å². The largest absolute Gasteiger partial charge is 0.361 e. The van der Waals surface area contributed by atoms with E-state index in [9.17, 15) is 19.7 Å². The number of aryl methyl sites for hydroxylation is 1. The molecule has 1 heterocycles. The normalized spacial score (nSPS) is 11.9. The number of nitrogens with one attached hydrogen (secondary N) is 1. The second kappa shape index (κ2) is 8.83. The number of likely N-dealkylation sites (N-methyl/N-ethyl adjacent to an activating group) is 1. The molecular formula is C18H21ClN4O5. The Bertz CT molecular complexity index is 896. The highest BCUT2D eigenvalue weighted by Gasteiger charge is 2.28. The van der Waals surface area contributed by atoms with Gasteiger partial charge in [-0.15, -0.1) is 0 Å². The molecule has 0 aliphatic rings. The van der Waals surface area contributed by atoms with Crippen molar-refractivity contribution < 1.29 is 19.0 Å². The van der Waals surface area contributed by atoms with Gasteiger partial charge in [0.25, 0.3) is 11.6 Å². The van der Waals surface area contributed by atoms with E-state index in [1.807, 2.05) is 0 Å². The molecule has 0 spiro atoms. The van der Waals surface area contributed by atoms with Crippen LogP contribution in [-0.2, 0) is 11.3 Å². The van der Waals surface area contributed by atoms with E-state index in [-0.39, 0.29) is 34.6 Å². The lowest BCUT2D eigenvalue weighted by molar-refractivity contribution is -0.384. The maximum absolute atomic E-state index is 12.8. The standard InChI is InChI=1S/C18H21ClN4O5/c1-10(2)16(18(25)22(4)9-12-7-11(3)28-21-12)20-17(24)14-6-5-13(23(26)27)8-15(14)19/h5-8,10,16H,9H2,1-4H3,(H,20,24)/t16-/m0/s1. The highest BCUT2D eigenvalue weighted by Crippen LogP contribution is 2.23. The molecule has 1 atom stereocenters. The molecule has 0 aliphatic heterocycles. The average Bonchev–Trinajstić information content (AvgIpc) is 3.03. The van der Waals surface area contributed by atoms with Gasteiger partial charge in [0.05, 0.1) is 22.1 Å². The summed E-state index contributed by atoms with van der Waals surface area (Å²) in [6, 6.07) is 4.47. The van der Waals surface area contributed by atoms with Crippen LogP contribution >= 0.6 is 11.6 Å². The topological polar surface area (TPSA) is 119 Å². The first kappa shape index (κ1) is 21.4. The molecule has 0 saturated heterocycles. The molecule has 150 valence electrons. The van der Waals surface area contributed by atoms with E-state index in [1.54, 1.807) is 33.9 Å². The molecule has 2 rings (SSSR count). The predicted octanol–water partition coefficient (Wildman–Crippen LogP) is 2.96. The van der Waals surface area contributed by atoms with Gasteiger partial charge in [0.15, 0.2) is 0 Å². The van der Waals surface area contributed by atoms with Gasteiger partial charge >= 0.3 is 0 Å². The second-order valence-electron chi connectivity index (χ2n) is 6.74. The van der Waals surface area contributed by atoms with E-state index in [2.05, 4.69) is 10.5 Å². The third-order valence-electron chi connectivity index (χ3n) is 4.08. The van der Waals surface area contributed by atoms with Crippen molar-refractivity contribution in [2.75, 3.05) is 7.05 Å². The molecule has 9 nitrogen and oxygen atoms in total. The third-order valence-corrected chi connectivity index (χ3v) is 4.39. The number of nitrogens with zero attached hydrogens (tertiary/aromatic N) is 3. The zero-order chi connectivity index (χ0) is 21.0. The predicted molar refractivity (Wildman–Crippen MR) is 102 cm³/mol. The van der Waals surface area contributed by atoms with Gasteiger partial charge in [-0.1, -0.05) is 30.6 Å². The summed E-state index contributed by atoms with van der Waals surface area (Å²) in [5.41, 5.74) is 0.432. The zero-order valence-electron chi connectivity index (χ0n) is 15.9. The van der Waals surface area contributed by atoms with E-state index in [0.717, 1.165) is 6.07 Å². The Kier molecular flexibility index (Phi) is 6.74. The number of carbonyl (C=O) groups is 2. The minimum atomic E-state index is -0.809. The molecular weight excluding hydrogens is 388 g/mol. The van der Waals surface area contributed by atoms with Crippen LogP contribution in [0.1, 0.15) is 35.7 Å². The molecule has 0 fully saturated rings. The monoisotopic (exact) mass is 408 g/mol. The first-order valence-electron chi connectivity index (χ1n) is 8.52. The number of hydrogen-bond donors (Lipinski definition) is 1. The summed E-state index contributed by atoms with van der Waals surface area (Å²) in [7, 11) is 1.60. The Morgan fingerprint density at radius 1 is 1.36 bits per heavy atom. The van der Waals surface area contributed by atoms with Crippen molar-refractivity contribution in [2.24, 2.45) is 5.92 Å². The van der Waals surface area contributed by atoms with Gasteiger partial charge in [0, 0.05) is 25.2 Å². The van der Waals surface area contributed by atoms with Gasteiger partial charge in [0.1, 0.15) is 17.5 Å². The highest BCUT2D eigenvalue weighted by molar-refractivity contribution is 6.34. The van der Waals surface area contributed by atoms with Crippen LogP contribution in [0.5, 0.6) is 0 Å². The summed E-state index contributed by atoms with van der Waals surface area (Å²) in [6.45, 7) is 5.58. The first-order valence-corrected chi connectivity index (χ1v) is 8.90. The van der Waals surface area contributed by atoms with E-state index in [1.165, 1.54) is 17.0 Å². The maximum Gasteiger partial charge on any atom is 0.270 e. The van der Waals surface area contributed by atoms with Gasteiger partial charge in [-0.05, 0) is 18.9 Å². The first-order chi connectivity index (χ1) is 13.1. The smallest absolute Gasteiger partial charge is 0.270 e. The molecule has 28 heavy (non-hydrogen) atoms. The van der Waals surface area contributed by atoms with Crippen LogP contribution < -0.4 is 5.32 Å². The van der Waals surface area contributed by atoms with Gasteiger partial charge in [-0.2, -0.15) is 0 Å². The van der Waals surface area contributed by atoms with Crippen LogP contribution in [0.15, 0.2) is 28.8 Å². The summed E-state index contributed by atoms with van der Waals surface area (Å²) in [5.74, 6) is -0.452. The number of benzene rings is 1. The minimum absolute atomic E-state index is 0.0560. The number of nitro groups is 1. The average molecular weight is 409 g/mol. The SMILES string of the molecule is Cc1cc(CN(C)C(=O)[C@@H](NC(=O)c2ccc([N+](=O)[O-])cc2Cl)C(C)C)no1. The summed E-state index contributed by atoms with van der Waals surface area (Å²) < 4.78 is 4.99. The van der Waals surface area contributed by atoms with Crippen molar-refractivity contribution in [1.29, 1.82) is 0 Å². The fourth-order valence-electron chi connectivity index (χ4n) is 2.59. The number of amides is 2. The van der Waals surface area contributed by atoms with Crippen molar-refractivity contribution in [3.63, 3.8) is 0 Å². The Labute approximate surface area is 166 Å². The van der Waals surface area contributed by atoms with Crippen LogP contribution in [0, 0.1) is 23.0 Å². The molecule has 10 heteroatoms. The number of non-ortho nitro benzene ring substituents is 1. The molecule has 1 N–H and O–H groups in total. The molecule has 0 unspecified atom stereocenters. The van der Waals surface area contributed by atoms with Crippen LogP contribution in [-0.4, -0.2) is 39.9 Å². The van der Waals surface area contributed by atoms with Crippen molar-refractivity contribution in [2.45, 2.75) is 33.4 Å². The Hall–Kier alpha value is -2.94. The molecule has 0 saturated carbocycles. The van der Waals surface area contributed by atoms with Gasteiger partial charge in [-0.3, -0.25) is 19.7 Å². The Balaban J connectivity index is 2.14. The van der Waals surface area contributed by atoms with Crippen LogP contribution in [0.4, 0.5) is 5.69 Å². The molecule has 1 aromatic heterocycles. The van der Waals surface area contributed by atoms with Crippen LogP contribution in [0.3, 0.4) is 0 Å². The number of aromatic nitrogens is 1. The summed E-state index contributed by atoms with van der Waals surface area (Å²) in [4.78, 5) is 37.1. The lowest BCUT2D eigenvalue weighted by Crippen LogP contribution is -2.50. The number of nitro benzene ring substituents is 1. The third kappa shape index (κ3) is 5.07. The summed E-state index contributed by atoms with van der Waals surface area (Å²) in [5, 5.41) is 17.3. The number of halogens is 1. The Morgan fingerprint density at radius 2 is 2.04 bits per heavy atom. The van der Waals surface area contributed by atoms with E-state index in [0.29, 0.717) is 11.5 Å². The fraction of sp³-hybridized carbons (Fsp3) is 0.389. The van der Waals surface area contributed by atoms with Gasteiger partial charge in [0.2, 0.25) is 5.91 Å². The molecule has 1 aromatic carbocycles. The van der Waals surface area contributed by atoms with Gasteiger partial charge < -0.3 is 14.7 Å². The number of hydrogen-bond acceptors (Lipinski definition) is 6. The quantitative estimate of drug-likeness (QED) is 0.555. The highest BCUT2D eigenvalue weighted by atomic mass is 35.5. The molecule has 2 amide bonds. The van der Waals surface area contributed by atoms with Crippen molar-refractivity contribution in [3.8, 4) is 0 Å². The molecule has 2 aromatic rings. The van der Waals surface area contributed by atoms with Crippen LogP contribution in [0.25, 0.3) is 0 Å². The number of rotatable bonds is 7. The summed E-state index contributed by atoms with van der Waals surface area (Å²) >= 11 is 6.00. The van der Waals surface area contributed by atoms with Crippen molar-refractivity contribution in [1.82, 2.24) is 15.4 Å². The number of carbonyl (C=O) groups excluding carboxylic acids is 2. The lowest BCUT2D eigenvalue weighted by atomic mass is 10.0. The van der Waals surface area contributed by atoms with E-state index < -0.39 is 16.9 Å². The Morgan fingerprint density at radius 3 is 2.54 bits per heavy atom. The minimum Gasteiger partial charge on any atom is -0.361 e. The lowest BCUT2D eigenvalue weighted by Gasteiger charge is -2.26. The van der Waals surface area contributed by atoms with E-state index in [4.69, 9.17) is 16.1 Å². The molecule has 0 radical (unpaired) electrons. The zero-order valence-corrected chi connectivity index (χ0v) is 16.7. The maximum atomic E-state index is 12.8. The van der Waals surface area contributed by atoms with E-state index >= 15 is 0 Å². The van der Waals surface area contributed by atoms with Crippen molar-refractivity contribution >= 4 is 29.1 Å². The second-order valence-corrected chi connectivity index (χ2v) is 7.15. The van der Waals surface area contributed by atoms with Crippen LogP contribution in [0.2, 0.25) is 5.02 Å². The fourth-order valence-corrected chi connectivity index (χ4v) is 2.85. The van der Waals surface area contributed by atoms with Gasteiger partial charge in [-0.25, -0.2) is 0 Å². The summed E-state index contributed by atoms with van der Waals surface area (Å²) in [6.07, 6.45) is 0.